The van der Waals surface area contributed by atoms with E-state index in [1.54, 1.807) is 24.3 Å². The Labute approximate surface area is 151 Å². The third kappa shape index (κ3) is 5.80. The fraction of sp³-hybridized carbons (Fsp3) is 0.263. The Morgan fingerprint density at radius 3 is 2.40 bits per heavy atom. The number of hydrogen-bond donors (Lipinski definition) is 1. The number of benzene rings is 2. The molecular formula is C19H20ClNO4. The molecule has 0 aliphatic carbocycles. The highest BCUT2D eigenvalue weighted by molar-refractivity contribution is 6.33. The minimum absolute atomic E-state index is 0.271. The molecule has 25 heavy (non-hydrogen) atoms. The van der Waals surface area contributed by atoms with Gasteiger partial charge in [-0.1, -0.05) is 29.8 Å². The summed E-state index contributed by atoms with van der Waals surface area (Å²) in [6, 6.07) is 12.5. The zero-order valence-corrected chi connectivity index (χ0v) is 15.1. The van der Waals surface area contributed by atoms with Crippen LogP contribution in [0.25, 0.3) is 0 Å². The SMILES string of the molecule is Cc1cc(C)cc(OCC(=O)OC(C)C(=O)Nc2ccccc2Cl)c1. The topological polar surface area (TPSA) is 64.6 Å². The van der Waals surface area contributed by atoms with Crippen LogP contribution in [0.5, 0.6) is 5.75 Å². The second kappa shape index (κ2) is 8.53. The Hall–Kier alpha value is -2.53. The van der Waals surface area contributed by atoms with E-state index in [9.17, 15) is 9.59 Å². The summed E-state index contributed by atoms with van der Waals surface area (Å²) in [5, 5.41) is 3.02. The fourth-order valence-electron chi connectivity index (χ4n) is 2.24. The van der Waals surface area contributed by atoms with Crippen molar-refractivity contribution in [2.24, 2.45) is 0 Å². The molecule has 0 saturated heterocycles. The van der Waals surface area contributed by atoms with Gasteiger partial charge in [0.05, 0.1) is 10.7 Å². The molecule has 1 atom stereocenters. The van der Waals surface area contributed by atoms with E-state index in [1.807, 2.05) is 32.0 Å². The summed E-state index contributed by atoms with van der Waals surface area (Å²) in [6.07, 6.45) is -0.966. The molecule has 0 radical (unpaired) electrons. The van der Waals surface area contributed by atoms with Gasteiger partial charge in [0.15, 0.2) is 12.7 Å². The van der Waals surface area contributed by atoms with Crippen molar-refractivity contribution >= 4 is 29.2 Å². The van der Waals surface area contributed by atoms with Crippen LogP contribution in [0, 0.1) is 13.8 Å². The largest absolute Gasteiger partial charge is 0.482 e. The zero-order chi connectivity index (χ0) is 18.4. The monoisotopic (exact) mass is 361 g/mol. The van der Waals surface area contributed by atoms with E-state index in [-0.39, 0.29) is 6.61 Å². The molecule has 0 aliphatic heterocycles. The molecule has 1 N–H and O–H groups in total. The van der Waals surface area contributed by atoms with Crippen molar-refractivity contribution in [3.05, 3.63) is 58.6 Å². The highest BCUT2D eigenvalue weighted by atomic mass is 35.5. The van der Waals surface area contributed by atoms with Gasteiger partial charge in [-0.25, -0.2) is 4.79 Å². The highest BCUT2D eigenvalue weighted by Gasteiger charge is 2.19. The molecule has 0 bridgehead atoms. The van der Waals surface area contributed by atoms with Gasteiger partial charge >= 0.3 is 5.97 Å². The maximum atomic E-state index is 12.1. The van der Waals surface area contributed by atoms with Gasteiger partial charge in [-0.3, -0.25) is 4.79 Å². The molecule has 5 nitrogen and oxygen atoms in total. The molecule has 0 heterocycles. The minimum Gasteiger partial charge on any atom is -0.482 e. The molecule has 1 amide bonds. The molecule has 0 saturated carbocycles. The summed E-state index contributed by atoms with van der Waals surface area (Å²) in [7, 11) is 0. The minimum atomic E-state index is -0.966. The van der Waals surface area contributed by atoms with Gasteiger partial charge in [0.1, 0.15) is 5.75 Å². The second-order valence-corrected chi connectivity index (χ2v) is 6.12. The van der Waals surface area contributed by atoms with Gasteiger partial charge in [-0.15, -0.1) is 0 Å². The molecule has 1 unspecified atom stereocenters. The Bertz CT molecular complexity index is 756. The molecule has 2 rings (SSSR count). The van der Waals surface area contributed by atoms with Crippen molar-refractivity contribution in [3.63, 3.8) is 0 Å². The average Bonchev–Trinajstić information content (AvgIpc) is 2.54. The summed E-state index contributed by atoms with van der Waals surface area (Å²) in [4.78, 5) is 23.9. The first-order chi connectivity index (χ1) is 11.8. The molecule has 2 aromatic carbocycles. The van der Waals surface area contributed by atoms with E-state index >= 15 is 0 Å². The molecule has 0 aromatic heterocycles. The van der Waals surface area contributed by atoms with E-state index in [0.717, 1.165) is 11.1 Å². The van der Waals surface area contributed by atoms with Crippen LogP contribution < -0.4 is 10.1 Å². The van der Waals surface area contributed by atoms with Crippen molar-refractivity contribution in [1.29, 1.82) is 0 Å². The summed E-state index contributed by atoms with van der Waals surface area (Å²) >= 11 is 5.98. The molecule has 6 heteroatoms. The number of ether oxygens (including phenoxy) is 2. The van der Waals surface area contributed by atoms with Crippen LogP contribution in [0.3, 0.4) is 0 Å². The molecule has 2 aromatic rings. The van der Waals surface area contributed by atoms with Crippen LogP contribution in [0.1, 0.15) is 18.1 Å². The number of para-hydroxylation sites is 1. The third-order valence-electron chi connectivity index (χ3n) is 3.36. The lowest BCUT2D eigenvalue weighted by molar-refractivity contribution is -0.155. The number of anilines is 1. The van der Waals surface area contributed by atoms with Gasteiger partial charge in [-0.05, 0) is 56.2 Å². The number of halogens is 1. The summed E-state index contributed by atoms with van der Waals surface area (Å²) < 4.78 is 10.5. The summed E-state index contributed by atoms with van der Waals surface area (Å²) in [6.45, 7) is 5.10. The van der Waals surface area contributed by atoms with Crippen LogP contribution in [-0.4, -0.2) is 24.6 Å². The van der Waals surface area contributed by atoms with Gasteiger partial charge in [0.2, 0.25) is 0 Å². The van der Waals surface area contributed by atoms with E-state index in [4.69, 9.17) is 21.1 Å². The quantitative estimate of drug-likeness (QED) is 0.792. The summed E-state index contributed by atoms with van der Waals surface area (Å²) in [5.41, 5.74) is 2.54. The Balaban J connectivity index is 1.85. The number of aryl methyl sites for hydroxylation is 2. The van der Waals surface area contributed by atoms with Gasteiger partial charge < -0.3 is 14.8 Å². The predicted molar refractivity (Wildman–Crippen MR) is 97.0 cm³/mol. The average molecular weight is 362 g/mol. The Kier molecular flexibility index (Phi) is 6.42. The van der Waals surface area contributed by atoms with Crippen LogP contribution >= 0.6 is 11.6 Å². The molecule has 0 spiro atoms. The third-order valence-corrected chi connectivity index (χ3v) is 3.69. The van der Waals surface area contributed by atoms with Crippen LogP contribution in [0.15, 0.2) is 42.5 Å². The number of carbonyl (C=O) groups excluding carboxylic acids is 2. The van der Waals surface area contributed by atoms with Crippen molar-refractivity contribution in [2.75, 3.05) is 11.9 Å². The van der Waals surface area contributed by atoms with E-state index < -0.39 is 18.0 Å². The van der Waals surface area contributed by atoms with Crippen molar-refractivity contribution in [3.8, 4) is 5.75 Å². The predicted octanol–water partition coefficient (Wildman–Crippen LogP) is 3.91. The molecule has 132 valence electrons. The van der Waals surface area contributed by atoms with Gasteiger partial charge in [0.25, 0.3) is 5.91 Å². The highest BCUT2D eigenvalue weighted by Crippen LogP contribution is 2.20. The number of esters is 1. The van der Waals surface area contributed by atoms with E-state index in [2.05, 4.69) is 5.32 Å². The van der Waals surface area contributed by atoms with Crippen molar-refractivity contribution in [1.82, 2.24) is 0 Å². The Morgan fingerprint density at radius 2 is 1.76 bits per heavy atom. The second-order valence-electron chi connectivity index (χ2n) is 5.71. The lowest BCUT2D eigenvalue weighted by Crippen LogP contribution is -2.31. The maximum Gasteiger partial charge on any atom is 0.344 e. The smallest absolute Gasteiger partial charge is 0.344 e. The number of rotatable bonds is 6. The van der Waals surface area contributed by atoms with Crippen LogP contribution in [0.4, 0.5) is 5.69 Å². The van der Waals surface area contributed by atoms with Gasteiger partial charge in [-0.2, -0.15) is 0 Å². The number of carbonyl (C=O) groups is 2. The lowest BCUT2D eigenvalue weighted by Gasteiger charge is -2.14. The lowest BCUT2D eigenvalue weighted by atomic mass is 10.1. The molecule has 0 aliphatic rings. The fourth-order valence-corrected chi connectivity index (χ4v) is 2.42. The standard InChI is InChI=1S/C19H20ClNO4/c1-12-8-13(2)10-15(9-12)24-11-18(22)25-14(3)19(23)21-17-7-5-4-6-16(17)20/h4-10,14H,11H2,1-3H3,(H,21,23). The van der Waals surface area contributed by atoms with E-state index in [1.165, 1.54) is 6.92 Å². The number of amides is 1. The van der Waals surface area contributed by atoms with Gasteiger partial charge in [0, 0.05) is 0 Å². The summed E-state index contributed by atoms with van der Waals surface area (Å²) in [5.74, 6) is -0.503. The van der Waals surface area contributed by atoms with Crippen molar-refractivity contribution < 1.29 is 19.1 Å². The first-order valence-electron chi connectivity index (χ1n) is 7.81. The first kappa shape index (κ1) is 18.8. The van der Waals surface area contributed by atoms with E-state index in [0.29, 0.717) is 16.5 Å². The van der Waals surface area contributed by atoms with Crippen LogP contribution in [0.2, 0.25) is 5.02 Å². The zero-order valence-electron chi connectivity index (χ0n) is 14.3. The molecular weight excluding hydrogens is 342 g/mol. The maximum absolute atomic E-state index is 12.1. The normalized spacial score (nSPS) is 11.5. The number of hydrogen-bond acceptors (Lipinski definition) is 4. The Morgan fingerprint density at radius 1 is 1.12 bits per heavy atom. The molecule has 0 fully saturated rings. The first-order valence-corrected chi connectivity index (χ1v) is 8.19. The number of nitrogens with one attached hydrogen (secondary N) is 1. The van der Waals surface area contributed by atoms with Crippen molar-refractivity contribution in [2.45, 2.75) is 26.9 Å². The van der Waals surface area contributed by atoms with Crippen LogP contribution in [-0.2, 0) is 14.3 Å².